The molecule has 0 fully saturated rings. The van der Waals surface area contributed by atoms with Crippen molar-refractivity contribution in [2.75, 3.05) is 0 Å². The highest BCUT2D eigenvalue weighted by Gasteiger charge is 1.99. The van der Waals surface area contributed by atoms with Gasteiger partial charge in [-0.25, -0.2) is 0 Å². The van der Waals surface area contributed by atoms with Gasteiger partial charge in [-0.1, -0.05) is 12.1 Å². The Morgan fingerprint density at radius 3 is 2.92 bits per heavy atom. The predicted molar refractivity (Wildman–Crippen MR) is 52.5 cm³/mol. The highest BCUT2D eigenvalue weighted by molar-refractivity contribution is 7.19. The van der Waals surface area contributed by atoms with Crippen molar-refractivity contribution in [3.05, 3.63) is 34.7 Å². The SMILES string of the molecule is Cc1ccc2cc(CO)sc2c1. The smallest absolute Gasteiger partial charge is 0.0774 e. The van der Waals surface area contributed by atoms with Crippen LogP contribution in [0.3, 0.4) is 0 Å². The summed E-state index contributed by atoms with van der Waals surface area (Å²) >= 11 is 1.66. The lowest BCUT2D eigenvalue weighted by Crippen LogP contribution is -1.70. The minimum absolute atomic E-state index is 0.151. The van der Waals surface area contributed by atoms with Crippen LogP contribution in [0.5, 0.6) is 0 Å². The van der Waals surface area contributed by atoms with E-state index in [4.69, 9.17) is 5.11 Å². The van der Waals surface area contributed by atoms with E-state index in [1.54, 1.807) is 11.3 Å². The van der Waals surface area contributed by atoms with Crippen molar-refractivity contribution in [1.82, 2.24) is 0 Å². The van der Waals surface area contributed by atoms with Gasteiger partial charge < -0.3 is 5.11 Å². The Morgan fingerprint density at radius 1 is 1.33 bits per heavy atom. The van der Waals surface area contributed by atoms with Gasteiger partial charge in [0, 0.05) is 9.58 Å². The van der Waals surface area contributed by atoms with Crippen molar-refractivity contribution in [2.24, 2.45) is 0 Å². The van der Waals surface area contributed by atoms with E-state index < -0.39 is 0 Å². The Bertz CT molecular complexity index is 403. The highest BCUT2D eigenvalue weighted by atomic mass is 32.1. The second kappa shape index (κ2) is 2.88. The number of hydrogen-bond acceptors (Lipinski definition) is 2. The molecule has 0 spiro atoms. The van der Waals surface area contributed by atoms with Gasteiger partial charge in [-0.2, -0.15) is 0 Å². The van der Waals surface area contributed by atoms with E-state index in [9.17, 15) is 0 Å². The zero-order valence-electron chi connectivity index (χ0n) is 6.87. The Morgan fingerprint density at radius 2 is 2.17 bits per heavy atom. The topological polar surface area (TPSA) is 20.2 Å². The van der Waals surface area contributed by atoms with Crippen molar-refractivity contribution >= 4 is 21.4 Å². The first-order chi connectivity index (χ1) is 5.79. The number of aryl methyl sites for hydroxylation is 1. The summed E-state index contributed by atoms with van der Waals surface area (Å²) in [6, 6.07) is 8.38. The van der Waals surface area contributed by atoms with Crippen LogP contribution in [-0.4, -0.2) is 5.11 Å². The Labute approximate surface area is 75.3 Å². The number of rotatable bonds is 1. The minimum Gasteiger partial charge on any atom is -0.391 e. The van der Waals surface area contributed by atoms with Crippen LogP contribution in [0.1, 0.15) is 10.4 Å². The maximum atomic E-state index is 8.92. The minimum atomic E-state index is 0.151. The molecule has 2 heteroatoms. The van der Waals surface area contributed by atoms with Crippen molar-refractivity contribution < 1.29 is 5.11 Å². The van der Waals surface area contributed by atoms with Gasteiger partial charge in [0.25, 0.3) is 0 Å². The van der Waals surface area contributed by atoms with Crippen LogP contribution in [0, 0.1) is 6.92 Å². The Hall–Kier alpha value is -0.860. The van der Waals surface area contributed by atoms with Gasteiger partial charge in [0.15, 0.2) is 0 Å². The third-order valence-corrected chi connectivity index (χ3v) is 2.97. The number of fused-ring (bicyclic) bond motifs is 1. The summed E-state index contributed by atoms with van der Waals surface area (Å²) in [6.45, 7) is 2.23. The van der Waals surface area contributed by atoms with Crippen LogP contribution < -0.4 is 0 Å². The van der Waals surface area contributed by atoms with E-state index in [2.05, 4.69) is 25.1 Å². The first-order valence-electron chi connectivity index (χ1n) is 3.89. The van der Waals surface area contributed by atoms with E-state index in [0.717, 1.165) is 4.88 Å². The molecule has 2 rings (SSSR count). The molecule has 0 unspecified atom stereocenters. The zero-order valence-corrected chi connectivity index (χ0v) is 7.69. The maximum absolute atomic E-state index is 8.92. The normalized spacial score (nSPS) is 10.8. The molecule has 12 heavy (non-hydrogen) atoms. The molecular weight excluding hydrogens is 168 g/mol. The molecule has 0 saturated carbocycles. The third kappa shape index (κ3) is 1.24. The average Bonchev–Trinajstić information content (AvgIpc) is 2.46. The van der Waals surface area contributed by atoms with Gasteiger partial charge in [-0.05, 0) is 30.0 Å². The monoisotopic (exact) mass is 178 g/mol. The number of thiophene rings is 1. The summed E-state index contributed by atoms with van der Waals surface area (Å²) in [4.78, 5) is 1.04. The standard InChI is InChI=1S/C10H10OS/c1-7-2-3-8-5-9(6-11)12-10(8)4-7/h2-5,11H,6H2,1H3. The largest absolute Gasteiger partial charge is 0.391 e. The predicted octanol–water partition coefficient (Wildman–Crippen LogP) is 2.70. The van der Waals surface area contributed by atoms with Gasteiger partial charge in [-0.15, -0.1) is 11.3 Å². The fourth-order valence-electron chi connectivity index (χ4n) is 1.27. The number of benzene rings is 1. The number of aliphatic hydroxyl groups is 1. The van der Waals surface area contributed by atoms with Gasteiger partial charge in [0.2, 0.25) is 0 Å². The first-order valence-corrected chi connectivity index (χ1v) is 4.71. The van der Waals surface area contributed by atoms with Gasteiger partial charge in [0.05, 0.1) is 6.61 Å². The maximum Gasteiger partial charge on any atom is 0.0774 e. The summed E-state index contributed by atoms with van der Waals surface area (Å²) in [5.41, 5.74) is 1.27. The van der Waals surface area contributed by atoms with Crippen LogP contribution in [0.25, 0.3) is 10.1 Å². The highest BCUT2D eigenvalue weighted by Crippen LogP contribution is 2.26. The number of aliphatic hydroxyl groups excluding tert-OH is 1. The average molecular weight is 178 g/mol. The molecule has 1 heterocycles. The molecule has 0 saturated heterocycles. The van der Waals surface area contributed by atoms with Crippen LogP contribution >= 0.6 is 11.3 Å². The summed E-state index contributed by atoms with van der Waals surface area (Å²) < 4.78 is 1.26. The van der Waals surface area contributed by atoms with E-state index in [1.165, 1.54) is 15.6 Å². The molecule has 1 nitrogen and oxygen atoms in total. The summed E-state index contributed by atoms with van der Waals surface area (Å²) in [5, 5.41) is 10.1. The second-order valence-corrected chi connectivity index (χ2v) is 4.08. The lowest BCUT2D eigenvalue weighted by Gasteiger charge is -1.89. The molecule has 0 atom stereocenters. The molecule has 0 aliphatic heterocycles. The molecule has 2 aromatic rings. The summed E-state index contributed by atoms with van der Waals surface area (Å²) in [5.74, 6) is 0. The number of hydrogen-bond donors (Lipinski definition) is 1. The van der Waals surface area contributed by atoms with E-state index in [0.29, 0.717) is 0 Å². The van der Waals surface area contributed by atoms with Gasteiger partial charge >= 0.3 is 0 Å². The quantitative estimate of drug-likeness (QED) is 0.711. The molecule has 1 aromatic heterocycles. The molecule has 62 valence electrons. The molecule has 0 bridgehead atoms. The first kappa shape index (κ1) is 7.77. The molecule has 0 amide bonds. The molecular formula is C10H10OS. The lowest BCUT2D eigenvalue weighted by atomic mass is 10.2. The van der Waals surface area contributed by atoms with Gasteiger partial charge in [-0.3, -0.25) is 0 Å². The lowest BCUT2D eigenvalue weighted by molar-refractivity contribution is 0.285. The summed E-state index contributed by atoms with van der Waals surface area (Å²) in [7, 11) is 0. The second-order valence-electron chi connectivity index (χ2n) is 2.91. The molecule has 0 radical (unpaired) electrons. The van der Waals surface area contributed by atoms with Crippen LogP contribution in [-0.2, 0) is 6.61 Å². The van der Waals surface area contributed by atoms with E-state index in [1.807, 2.05) is 6.07 Å². The third-order valence-electron chi connectivity index (χ3n) is 1.88. The van der Waals surface area contributed by atoms with Crippen molar-refractivity contribution in [3.8, 4) is 0 Å². The van der Waals surface area contributed by atoms with Crippen LogP contribution in [0.15, 0.2) is 24.3 Å². The molecule has 0 aliphatic rings. The summed E-state index contributed by atoms with van der Waals surface area (Å²) in [6.07, 6.45) is 0. The Balaban J connectivity index is 2.67. The van der Waals surface area contributed by atoms with E-state index in [-0.39, 0.29) is 6.61 Å². The Kier molecular flexibility index (Phi) is 1.87. The van der Waals surface area contributed by atoms with Crippen molar-refractivity contribution in [3.63, 3.8) is 0 Å². The van der Waals surface area contributed by atoms with E-state index >= 15 is 0 Å². The van der Waals surface area contributed by atoms with Gasteiger partial charge in [0.1, 0.15) is 0 Å². The zero-order chi connectivity index (χ0) is 8.55. The van der Waals surface area contributed by atoms with Crippen LogP contribution in [0.4, 0.5) is 0 Å². The van der Waals surface area contributed by atoms with Crippen molar-refractivity contribution in [1.29, 1.82) is 0 Å². The molecule has 1 aromatic carbocycles. The van der Waals surface area contributed by atoms with Crippen molar-refractivity contribution in [2.45, 2.75) is 13.5 Å². The fraction of sp³-hybridized carbons (Fsp3) is 0.200. The molecule has 1 N–H and O–H groups in total. The fourth-order valence-corrected chi connectivity index (χ4v) is 2.29. The van der Waals surface area contributed by atoms with Crippen LogP contribution in [0.2, 0.25) is 0 Å². The molecule has 0 aliphatic carbocycles.